The van der Waals surface area contributed by atoms with Crippen molar-refractivity contribution in [3.63, 3.8) is 0 Å². The molecule has 1 saturated heterocycles. The Morgan fingerprint density at radius 2 is 1.57 bits per heavy atom. The van der Waals surface area contributed by atoms with Crippen molar-refractivity contribution >= 4 is 7.12 Å². The first kappa shape index (κ1) is 20.9. The van der Waals surface area contributed by atoms with Crippen LogP contribution in [0.25, 0.3) is 11.4 Å². The van der Waals surface area contributed by atoms with E-state index in [1.54, 1.807) is 16.7 Å². The molecule has 0 spiro atoms. The highest BCUT2D eigenvalue weighted by atomic mass is 19.4. The van der Waals surface area contributed by atoms with Crippen molar-refractivity contribution in [2.45, 2.75) is 71.3 Å². The summed E-state index contributed by atoms with van der Waals surface area (Å²) >= 11 is 0. The van der Waals surface area contributed by atoms with Crippen LogP contribution in [-0.2, 0) is 21.8 Å². The predicted molar refractivity (Wildman–Crippen MR) is 103 cm³/mol. The highest BCUT2D eigenvalue weighted by Crippen LogP contribution is 2.37. The fraction of sp³-hybridized carbons (Fsp3) is 0.550. The van der Waals surface area contributed by atoms with Gasteiger partial charge in [0.15, 0.2) is 5.69 Å². The van der Waals surface area contributed by atoms with Gasteiger partial charge in [-0.1, -0.05) is 24.3 Å². The molecule has 0 aliphatic carbocycles. The minimum Gasteiger partial charge on any atom is -0.403 e. The summed E-state index contributed by atoms with van der Waals surface area (Å²) in [6.45, 7) is 11.7. The van der Waals surface area contributed by atoms with E-state index in [2.05, 4.69) is 4.98 Å². The lowest BCUT2D eigenvalue weighted by Crippen LogP contribution is -2.41. The van der Waals surface area contributed by atoms with Crippen LogP contribution in [0, 0.1) is 0 Å². The number of aromatic nitrogens is 2. The van der Waals surface area contributed by atoms with Crippen LogP contribution < -0.4 is 0 Å². The molecule has 2 heterocycles. The molecule has 1 aromatic heterocycles. The molecule has 0 N–H and O–H groups in total. The van der Waals surface area contributed by atoms with E-state index in [0.717, 1.165) is 11.8 Å². The molecule has 8 heteroatoms. The van der Waals surface area contributed by atoms with Crippen LogP contribution >= 0.6 is 0 Å². The first-order chi connectivity index (χ1) is 12.8. The van der Waals surface area contributed by atoms with E-state index in [4.69, 9.17) is 9.31 Å². The second kappa shape index (κ2) is 6.92. The highest BCUT2D eigenvalue weighted by Gasteiger charge is 2.50. The van der Waals surface area contributed by atoms with Gasteiger partial charge in [0.1, 0.15) is 5.82 Å². The van der Waals surface area contributed by atoms with Crippen LogP contribution in [-0.4, -0.2) is 27.9 Å². The average molecular weight is 394 g/mol. The summed E-state index contributed by atoms with van der Waals surface area (Å²) in [5.41, 5.74) is -0.0402. The largest absolute Gasteiger partial charge is 0.462 e. The highest BCUT2D eigenvalue weighted by molar-refractivity contribution is 6.45. The van der Waals surface area contributed by atoms with Gasteiger partial charge in [0.2, 0.25) is 0 Å². The summed E-state index contributed by atoms with van der Waals surface area (Å²) in [5.74, 6) is 0.310. The molecule has 0 amide bonds. The Hall–Kier alpha value is -1.80. The molecule has 2 aromatic rings. The first-order valence-corrected chi connectivity index (χ1v) is 9.41. The molecule has 1 aromatic carbocycles. The lowest BCUT2D eigenvalue weighted by molar-refractivity contribution is -0.140. The van der Waals surface area contributed by atoms with Crippen molar-refractivity contribution in [1.29, 1.82) is 0 Å². The van der Waals surface area contributed by atoms with Gasteiger partial charge in [-0.2, -0.15) is 13.2 Å². The van der Waals surface area contributed by atoms with E-state index >= 15 is 0 Å². The maximum atomic E-state index is 13.1. The van der Waals surface area contributed by atoms with Crippen LogP contribution in [0.2, 0.25) is 0 Å². The van der Waals surface area contributed by atoms with E-state index in [0.29, 0.717) is 17.7 Å². The van der Waals surface area contributed by atoms with Gasteiger partial charge in [-0.15, -0.1) is 0 Å². The van der Waals surface area contributed by atoms with Gasteiger partial charge in [0.25, 0.3) is 0 Å². The normalized spacial score (nSPS) is 18.9. The summed E-state index contributed by atoms with van der Waals surface area (Å²) in [5, 5.41) is 0. The second-order valence-electron chi connectivity index (χ2n) is 8.54. The van der Waals surface area contributed by atoms with Crippen molar-refractivity contribution in [3.05, 3.63) is 41.7 Å². The smallest absolute Gasteiger partial charge is 0.403 e. The molecule has 3 rings (SSSR count). The van der Waals surface area contributed by atoms with Gasteiger partial charge in [-0.05, 0) is 47.1 Å². The standard InChI is InChI=1S/C20H26BF3N2O2/c1-13(2)26-12-16(20(22,23)24)25-17(26)15-9-7-14(8-10-15)11-21-27-18(3,4)19(5,6)28-21/h7-10,12-13H,11H2,1-6H3. The third-order valence-electron chi connectivity index (χ3n) is 5.50. The van der Waals surface area contributed by atoms with Crippen LogP contribution in [0.3, 0.4) is 0 Å². The van der Waals surface area contributed by atoms with E-state index in [-0.39, 0.29) is 13.2 Å². The van der Waals surface area contributed by atoms with Gasteiger partial charge in [0, 0.05) is 24.1 Å². The van der Waals surface area contributed by atoms with Gasteiger partial charge in [0.05, 0.1) is 11.2 Å². The molecule has 1 aliphatic rings. The quantitative estimate of drug-likeness (QED) is 0.659. The number of benzene rings is 1. The van der Waals surface area contributed by atoms with Gasteiger partial charge >= 0.3 is 13.3 Å². The Balaban J connectivity index is 1.81. The van der Waals surface area contributed by atoms with E-state index in [1.807, 2.05) is 53.7 Å². The molecule has 28 heavy (non-hydrogen) atoms. The number of imidazole rings is 1. The van der Waals surface area contributed by atoms with E-state index < -0.39 is 23.1 Å². The lowest BCUT2D eigenvalue weighted by Gasteiger charge is -2.32. The SMILES string of the molecule is CC(C)n1cc(C(F)(F)F)nc1-c1ccc(CB2OC(C)(C)C(C)(C)O2)cc1. The summed E-state index contributed by atoms with van der Waals surface area (Å²) < 4.78 is 52.8. The Labute approximate surface area is 164 Å². The number of nitrogens with zero attached hydrogens (tertiary/aromatic N) is 2. The van der Waals surface area contributed by atoms with Gasteiger partial charge in [-0.25, -0.2) is 4.98 Å². The topological polar surface area (TPSA) is 36.3 Å². The third kappa shape index (κ3) is 3.98. The number of halogens is 3. The number of hydrogen-bond donors (Lipinski definition) is 0. The van der Waals surface area contributed by atoms with Crippen molar-refractivity contribution in [1.82, 2.24) is 9.55 Å². The van der Waals surface area contributed by atoms with E-state index in [1.165, 1.54) is 0 Å². The summed E-state index contributed by atoms with van der Waals surface area (Å²) in [6, 6.07) is 7.21. The van der Waals surface area contributed by atoms with Crippen molar-refractivity contribution in [3.8, 4) is 11.4 Å². The van der Waals surface area contributed by atoms with Gasteiger partial charge < -0.3 is 13.9 Å². The van der Waals surface area contributed by atoms with Gasteiger partial charge in [-0.3, -0.25) is 0 Å². The molecular formula is C20H26BF3N2O2. The third-order valence-corrected chi connectivity index (χ3v) is 5.50. The molecule has 0 radical (unpaired) electrons. The molecular weight excluding hydrogens is 368 g/mol. The Morgan fingerprint density at radius 3 is 2.04 bits per heavy atom. The van der Waals surface area contributed by atoms with Crippen LogP contribution in [0.5, 0.6) is 0 Å². The maximum Gasteiger partial charge on any atom is 0.462 e. The van der Waals surface area contributed by atoms with Crippen molar-refractivity contribution in [2.24, 2.45) is 0 Å². The molecule has 1 aliphatic heterocycles. The van der Waals surface area contributed by atoms with Crippen LogP contribution in [0.1, 0.15) is 58.8 Å². The zero-order valence-corrected chi connectivity index (χ0v) is 17.1. The number of alkyl halides is 3. The lowest BCUT2D eigenvalue weighted by atomic mass is 9.80. The predicted octanol–water partition coefficient (Wildman–Crippen LogP) is 5.32. The minimum absolute atomic E-state index is 0.136. The summed E-state index contributed by atoms with van der Waals surface area (Å²) in [6.07, 6.45) is -2.83. The Bertz CT molecular complexity index is 826. The fourth-order valence-corrected chi connectivity index (χ4v) is 3.17. The minimum atomic E-state index is -4.47. The van der Waals surface area contributed by atoms with E-state index in [9.17, 15) is 13.2 Å². The molecule has 4 nitrogen and oxygen atoms in total. The molecule has 1 fully saturated rings. The Kier molecular flexibility index (Phi) is 5.17. The monoisotopic (exact) mass is 394 g/mol. The fourth-order valence-electron chi connectivity index (χ4n) is 3.17. The van der Waals surface area contributed by atoms with Crippen molar-refractivity contribution < 1.29 is 22.5 Å². The second-order valence-corrected chi connectivity index (χ2v) is 8.54. The Morgan fingerprint density at radius 1 is 1.04 bits per heavy atom. The summed E-state index contributed by atoms with van der Waals surface area (Å²) in [4.78, 5) is 3.83. The maximum absolute atomic E-state index is 13.1. The molecule has 0 saturated carbocycles. The number of hydrogen-bond acceptors (Lipinski definition) is 3. The molecule has 0 unspecified atom stereocenters. The number of rotatable bonds is 4. The summed E-state index contributed by atoms with van der Waals surface area (Å²) in [7, 11) is -0.356. The van der Waals surface area contributed by atoms with Crippen LogP contribution in [0.4, 0.5) is 13.2 Å². The zero-order chi connectivity index (χ0) is 20.9. The zero-order valence-electron chi connectivity index (χ0n) is 17.1. The molecule has 0 atom stereocenters. The molecule has 0 bridgehead atoms. The van der Waals surface area contributed by atoms with Crippen LogP contribution in [0.15, 0.2) is 30.5 Å². The average Bonchev–Trinajstić information content (AvgIpc) is 3.07. The molecule has 152 valence electrons. The van der Waals surface area contributed by atoms with Crippen molar-refractivity contribution in [2.75, 3.05) is 0 Å². The first-order valence-electron chi connectivity index (χ1n) is 9.41.